The van der Waals surface area contributed by atoms with E-state index in [-0.39, 0.29) is 30.5 Å². The van der Waals surface area contributed by atoms with Crippen molar-refractivity contribution in [1.29, 1.82) is 0 Å². The van der Waals surface area contributed by atoms with E-state index in [2.05, 4.69) is 97.1 Å². The highest BCUT2D eigenvalue weighted by molar-refractivity contribution is 5.53. The number of epoxide rings is 6. The minimum atomic E-state index is 0.0656. The Morgan fingerprint density at radius 1 is 0.319 bits per heavy atom. The van der Waals surface area contributed by atoms with E-state index in [1.807, 2.05) is 24.3 Å². The Bertz CT molecular complexity index is 2750. The SMILES string of the molecule is c1cc(OCC2CO2)ccc1COc1ccc(CCC2CO2)c(Cc2cc(Cc3ccc(OCC4CO4)cc3)cc(Cc3cc(Cc4ccc(OCC5CO5)cc4)ccc3OCC3CO3)c2OCC2CO2)c1. The summed E-state index contributed by atoms with van der Waals surface area (Å²) in [4.78, 5) is 0. The Kier molecular flexibility index (Phi) is 14.3. The summed E-state index contributed by atoms with van der Waals surface area (Å²) in [6.45, 7) is 7.67. The molecule has 6 fully saturated rings. The van der Waals surface area contributed by atoms with Gasteiger partial charge in [-0.15, -0.1) is 0 Å². The van der Waals surface area contributed by atoms with Crippen molar-refractivity contribution in [3.63, 3.8) is 0 Å². The molecule has 6 aromatic rings. The highest BCUT2D eigenvalue weighted by Gasteiger charge is 2.29. The van der Waals surface area contributed by atoms with Crippen molar-refractivity contribution in [1.82, 2.24) is 0 Å². The first-order valence-corrected chi connectivity index (χ1v) is 25.6. The van der Waals surface area contributed by atoms with Crippen LogP contribution in [-0.2, 0) is 67.1 Å². The molecule has 6 aromatic carbocycles. The molecular weight excluding hydrogens is 913 g/mol. The maximum atomic E-state index is 6.96. The second-order valence-electron chi connectivity index (χ2n) is 19.9. The van der Waals surface area contributed by atoms with Crippen LogP contribution in [0.3, 0.4) is 0 Å². The average Bonchev–Trinajstić information content (AvgIpc) is 4.19. The molecule has 0 amide bonds. The van der Waals surface area contributed by atoms with Crippen molar-refractivity contribution in [2.75, 3.05) is 72.7 Å². The first-order valence-electron chi connectivity index (χ1n) is 25.6. The molecule has 0 bridgehead atoms. The first-order chi connectivity index (χ1) is 35.5. The number of benzene rings is 6. The molecule has 12 rings (SSSR count). The Labute approximate surface area is 421 Å². The molecule has 0 spiro atoms. The molecule has 6 saturated heterocycles. The van der Waals surface area contributed by atoms with Gasteiger partial charge in [-0.3, -0.25) is 0 Å². The molecule has 6 heterocycles. The van der Waals surface area contributed by atoms with Gasteiger partial charge in [0.15, 0.2) is 0 Å². The number of hydrogen-bond acceptors (Lipinski definition) is 12. The van der Waals surface area contributed by atoms with Crippen LogP contribution in [0, 0.1) is 0 Å². The normalized spacial score (nSPS) is 21.9. The molecule has 72 heavy (non-hydrogen) atoms. The molecule has 6 atom stereocenters. The molecule has 6 aliphatic rings. The van der Waals surface area contributed by atoms with Crippen LogP contribution in [0.15, 0.2) is 121 Å². The van der Waals surface area contributed by atoms with Crippen molar-refractivity contribution in [2.24, 2.45) is 0 Å². The molecular formula is C60H62O12. The third-order valence-electron chi connectivity index (χ3n) is 13.7. The minimum Gasteiger partial charge on any atom is -0.491 e. The Morgan fingerprint density at radius 2 is 0.750 bits per heavy atom. The highest BCUT2D eigenvalue weighted by atomic mass is 16.6. The Hall–Kier alpha value is -6.12. The Morgan fingerprint density at radius 3 is 1.28 bits per heavy atom. The van der Waals surface area contributed by atoms with Gasteiger partial charge in [0, 0.05) is 12.8 Å². The molecule has 374 valence electrons. The fourth-order valence-corrected chi connectivity index (χ4v) is 8.94. The van der Waals surface area contributed by atoms with Crippen LogP contribution in [0.1, 0.15) is 62.1 Å². The fourth-order valence-electron chi connectivity index (χ4n) is 8.94. The van der Waals surface area contributed by atoms with Gasteiger partial charge in [0.25, 0.3) is 0 Å². The first kappa shape index (κ1) is 46.9. The van der Waals surface area contributed by atoms with Gasteiger partial charge in [-0.25, -0.2) is 0 Å². The van der Waals surface area contributed by atoms with Crippen LogP contribution in [0.25, 0.3) is 0 Å². The van der Waals surface area contributed by atoms with Crippen molar-refractivity contribution in [2.45, 2.75) is 81.8 Å². The van der Waals surface area contributed by atoms with E-state index in [4.69, 9.17) is 56.8 Å². The predicted octanol–water partition coefficient (Wildman–Crippen LogP) is 8.85. The van der Waals surface area contributed by atoms with Gasteiger partial charge in [0.2, 0.25) is 0 Å². The summed E-state index contributed by atoms with van der Waals surface area (Å²) in [5.41, 5.74) is 11.6. The van der Waals surface area contributed by atoms with Crippen molar-refractivity contribution >= 4 is 0 Å². The smallest absolute Gasteiger partial charge is 0.126 e. The van der Waals surface area contributed by atoms with E-state index < -0.39 is 0 Å². The van der Waals surface area contributed by atoms with Gasteiger partial charge >= 0.3 is 0 Å². The van der Waals surface area contributed by atoms with Crippen molar-refractivity contribution < 1.29 is 56.8 Å². The molecule has 0 aliphatic carbocycles. The standard InChI is InChI=1S/C60H62O12/c1-10-49(62-29-54-32-66-54)11-2-39(1)19-42-7-18-59(71-37-57-35-69-57)46(21-42)25-48-23-43(20-40-3-12-50(13-4-40)63-30-55-33-67-55)22-47(60(48)72-38-58-36-70-58)24-45-26-52(16-8-44(45)9-17-53-28-65-53)61-27-41-5-14-51(15-6-41)64-31-56-34-68-56/h1-8,10-16,18,21-23,26,53-58H,9,17,19-20,24-25,27-38H2. The van der Waals surface area contributed by atoms with E-state index in [1.165, 1.54) is 33.4 Å². The van der Waals surface area contributed by atoms with Crippen molar-refractivity contribution in [3.8, 4) is 34.5 Å². The van der Waals surface area contributed by atoms with Gasteiger partial charge in [0.05, 0.1) is 45.7 Å². The summed E-state index contributed by atoms with van der Waals surface area (Å²) in [7, 11) is 0. The summed E-state index contributed by atoms with van der Waals surface area (Å²) in [5, 5.41) is 0. The number of aryl methyl sites for hydroxylation is 1. The summed E-state index contributed by atoms with van der Waals surface area (Å²) in [5.74, 6) is 5.07. The van der Waals surface area contributed by atoms with E-state index >= 15 is 0 Å². The van der Waals surface area contributed by atoms with Gasteiger partial charge in [-0.2, -0.15) is 0 Å². The fraction of sp³-hybridized carbons (Fsp3) is 0.400. The molecule has 6 unspecified atom stereocenters. The number of hydrogen-bond donors (Lipinski definition) is 0. The third-order valence-corrected chi connectivity index (χ3v) is 13.7. The quantitative estimate of drug-likeness (QED) is 0.0417. The van der Waals surface area contributed by atoms with Crippen molar-refractivity contribution in [3.05, 3.63) is 177 Å². The maximum Gasteiger partial charge on any atom is 0.126 e. The molecule has 6 aliphatic heterocycles. The molecule has 12 nitrogen and oxygen atoms in total. The minimum absolute atomic E-state index is 0.0656. The maximum absolute atomic E-state index is 6.96. The van der Waals surface area contributed by atoms with Crippen LogP contribution < -0.4 is 28.4 Å². The zero-order valence-corrected chi connectivity index (χ0v) is 40.6. The Balaban J connectivity index is 0.864. The average molecular weight is 975 g/mol. The van der Waals surface area contributed by atoms with E-state index in [0.29, 0.717) is 65.2 Å². The largest absolute Gasteiger partial charge is 0.491 e. The second-order valence-corrected chi connectivity index (χ2v) is 19.9. The summed E-state index contributed by atoms with van der Waals surface area (Å²) < 4.78 is 70.9. The highest BCUT2D eigenvalue weighted by Crippen LogP contribution is 2.37. The van der Waals surface area contributed by atoms with E-state index in [9.17, 15) is 0 Å². The van der Waals surface area contributed by atoms with Crippen LogP contribution in [0.5, 0.6) is 34.5 Å². The molecule has 0 radical (unpaired) electrons. The van der Waals surface area contributed by atoms with Gasteiger partial charge in [-0.05, 0) is 136 Å². The zero-order valence-electron chi connectivity index (χ0n) is 40.6. The van der Waals surface area contributed by atoms with Crippen LogP contribution in [-0.4, -0.2) is 109 Å². The molecule has 0 N–H and O–H groups in total. The van der Waals surface area contributed by atoms with E-state index in [1.54, 1.807) is 0 Å². The summed E-state index contributed by atoms with van der Waals surface area (Å²) in [6, 6.07) is 42.7. The lowest BCUT2D eigenvalue weighted by atomic mass is 9.90. The van der Waals surface area contributed by atoms with Gasteiger partial charge in [0.1, 0.15) is 105 Å². The third kappa shape index (κ3) is 13.9. The lowest BCUT2D eigenvalue weighted by Crippen LogP contribution is -2.11. The molecule has 12 heteroatoms. The van der Waals surface area contributed by atoms with Crippen LogP contribution in [0.4, 0.5) is 0 Å². The number of rotatable bonds is 29. The predicted molar refractivity (Wildman–Crippen MR) is 268 cm³/mol. The molecule has 0 aromatic heterocycles. The summed E-state index contributed by atoms with van der Waals surface area (Å²) in [6.07, 6.45) is 5.69. The lowest BCUT2D eigenvalue weighted by molar-refractivity contribution is 0.258. The second kappa shape index (κ2) is 21.9. The summed E-state index contributed by atoms with van der Waals surface area (Å²) >= 11 is 0. The lowest BCUT2D eigenvalue weighted by Gasteiger charge is -2.21. The zero-order chi connectivity index (χ0) is 48.1. The monoisotopic (exact) mass is 974 g/mol. The molecule has 0 saturated carbocycles. The van der Waals surface area contributed by atoms with Crippen LogP contribution >= 0.6 is 0 Å². The van der Waals surface area contributed by atoms with Gasteiger partial charge in [-0.1, -0.05) is 66.7 Å². The van der Waals surface area contributed by atoms with Crippen LogP contribution in [0.2, 0.25) is 0 Å². The van der Waals surface area contributed by atoms with Gasteiger partial charge < -0.3 is 56.8 Å². The topological polar surface area (TPSA) is 131 Å². The van der Waals surface area contributed by atoms with E-state index in [0.717, 1.165) is 115 Å². The number of ether oxygens (including phenoxy) is 12.